The molecule has 124 valence electrons. The first kappa shape index (κ1) is 17.2. The molecule has 3 atom stereocenters. The first-order valence-electron chi connectivity index (χ1n) is 9.22. The van der Waals surface area contributed by atoms with Crippen molar-refractivity contribution in [2.24, 2.45) is 17.8 Å². The molecule has 0 radical (unpaired) electrons. The number of nitrogens with one attached hydrogen (secondary N) is 1. The summed E-state index contributed by atoms with van der Waals surface area (Å²) in [4.78, 5) is 2.61. The van der Waals surface area contributed by atoms with Gasteiger partial charge in [0.2, 0.25) is 0 Å². The molecule has 0 spiro atoms. The Hall–Kier alpha value is -0.120. The van der Waals surface area contributed by atoms with Crippen molar-refractivity contribution in [3.63, 3.8) is 0 Å². The van der Waals surface area contributed by atoms with Gasteiger partial charge in [-0.2, -0.15) is 0 Å². The highest BCUT2D eigenvalue weighted by Crippen LogP contribution is 2.36. The lowest BCUT2D eigenvalue weighted by Crippen LogP contribution is -2.50. The van der Waals surface area contributed by atoms with Gasteiger partial charge in [-0.1, -0.05) is 20.8 Å². The smallest absolute Gasteiger partial charge is 0.0571 e. The minimum absolute atomic E-state index is 0.0344. The van der Waals surface area contributed by atoms with Crippen LogP contribution in [0.25, 0.3) is 0 Å². The van der Waals surface area contributed by atoms with Crippen LogP contribution in [0, 0.1) is 17.8 Å². The lowest BCUT2D eigenvalue weighted by Gasteiger charge is -2.39. The highest BCUT2D eigenvalue weighted by Gasteiger charge is 2.34. The van der Waals surface area contributed by atoms with Crippen LogP contribution < -0.4 is 5.32 Å². The number of aliphatic hydroxyl groups is 1. The zero-order valence-corrected chi connectivity index (χ0v) is 14.4. The quantitative estimate of drug-likeness (QED) is 0.687. The summed E-state index contributed by atoms with van der Waals surface area (Å²) >= 11 is 0. The van der Waals surface area contributed by atoms with Crippen molar-refractivity contribution in [3.8, 4) is 0 Å². The fourth-order valence-electron chi connectivity index (χ4n) is 3.71. The van der Waals surface area contributed by atoms with Gasteiger partial charge in [-0.05, 0) is 69.4 Å². The molecule has 21 heavy (non-hydrogen) atoms. The Morgan fingerprint density at radius 3 is 2.62 bits per heavy atom. The van der Waals surface area contributed by atoms with Crippen molar-refractivity contribution in [1.82, 2.24) is 10.2 Å². The van der Waals surface area contributed by atoms with E-state index in [1.54, 1.807) is 0 Å². The second kappa shape index (κ2) is 8.50. The molecule has 0 aromatic rings. The van der Waals surface area contributed by atoms with Crippen molar-refractivity contribution in [2.45, 2.75) is 71.4 Å². The molecule has 0 bridgehead atoms. The first-order chi connectivity index (χ1) is 10.1. The largest absolute Gasteiger partial charge is 0.393 e. The Bertz CT molecular complexity index is 291. The average Bonchev–Trinajstić information content (AvgIpc) is 3.22. The number of likely N-dealkylation sites (tertiary alicyclic amines) is 1. The van der Waals surface area contributed by atoms with Crippen LogP contribution in [-0.2, 0) is 0 Å². The summed E-state index contributed by atoms with van der Waals surface area (Å²) in [7, 11) is 0. The van der Waals surface area contributed by atoms with Crippen LogP contribution in [-0.4, -0.2) is 48.3 Å². The summed E-state index contributed by atoms with van der Waals surface area (Å²) in [5.74, 6) is 2.08. The fourth-order valence-corrected chi connectivity index (χ4v) is 3.71. The summed E-state index contributed by atoms with van der Waals surface area (Å²) in [6.07, 6.45) is 7.24. The third-order valence-electron chi connectivity index (χ3n) is 5.05. The zero-order chi connectivity index (χ0) is 15.2. The summed E-state index contributed by atoms with van der Waals surface area (Å²) in [5, 5.41) is 14.0. The van der Waals surface area contributed by atoms with Crippen molar-refractivity contribution >= 4 is 0 Å². The Morgan fingerprint density at radius 2 is 2.00 bits per heavy atom. The Kier molecular flexibility index (Phi) is 6.97. The third-order valence-corrected chi connectivity index (χ3v) is 5.05. The molecule has 2 fully saturated rings. The van der Waals surface area contributed by atoms with Crippen molar-refractivity contribution in [2.75, 3.05) is 26.2 Å². The number of hydrogen-bond acceptors (Lipinski definition) is 3. The molecule has 1 heterocycles. The van der Waals surface area contributed by atoms with E-state index in [0.29, 0.717) is 17.9 Å². The van der Waals surface area contributed by atoms with Gasteiger partial charge < -0.3 is 15.3 Å². The van der Waals surface area contributed by atoms with Crippen molar-refractivity contribution < 1.29 is 5.11 Å². The molecule has 3 unspecified atom stereocenters. The molecular weight excluding hydrogens is 260 g/mol. The maximum atomic E-state index is 10.3. The van der Waals surface area contributed by atoms with Gasteiger partial charge in [-0.15, -0.1) is 0 Å². The summed E-state index contributed by atoms with van der Waals surface area (Å²) in [5.41, 5.74) is 0. The predicted molar refractivity (Wildman–Crippen MR) is 89.4 cm³/mol. The maximum Gasteiger partial charge on any atom is 0.0571 e. The highest BCUT2D eigenvalue weighted by molar-refractivity contribution is 4.88. The minimum Gasteiger partial charge on any atom is -0.393 e. The molecule has 2 N–H and O–H groups in total. The monoisotopic (exact) mass is 296 g/mol. The molecule has 0 amide bonds. The Morgan fingerprint density at radius 1 is 1.24 bits per heavy atom. The standard InChI is InChI=1S/C18H36N2O/c1-4-9-20-12-15(11-18(21)16-5-6-16)10-17(13-20)19-8-7-14(2)3/h14-19,21H,4-13H2,1-3H3. The summed E-state index contributed by atoms with van der Waals surface area (Å²) < 4.78 is 0. The number of piperidine rings is 1. The lowest BCUT2D eigenvalue weighted by atomic mass is 9.88. The Balaban J connectivity index is 1.78. The van der Waals surface area contributed by atoms with E-state index < -0.39 is 0 Å². The van der Waals surface area contributed by atoms with Crippen LogP contribution in [0.15, 0.2) is 0 Å². The van der Waals surface area contributed by atoms with Crippen molar-refractivity contribution in [1.29, 1.82) is 0 Å². The molecule has 0 aromatic heterocycles. The van der Waals surface area contributed by atoms with Gasteiger partial charge in [0.15, 0.2) is 0 Å². The van der Waals surface area contributed by atoms with Crippen LogP contribution in [0.2, 0.25) is 0 Å². The van der Waals surface area contributed by atoms with E-state index in [1.807, 2.05) is 0 Å². The molecular formula is C18H36N2O. The minimum atomic E-state index is -0.0344. The van der Waals surface area contributed by atoms with Crippen LogP contribution in [0.1, 0.15) is 59.3 Å². The Labute approximate surface area is 131 Å². The van der Waals surface area contributed by atoms with E-state index in [1.165, 1.54) is 51.7 Å². The molecule has 3 nitrogen and oxygen atoms in total. The topological polar surface area (TPSA) is 35.5 Å². The molecule has 1 saturated heterocycles. The van der Waals surface area contributed by atoms with Gasteiger partial charge in [0.25, 0.3) is 0 Å². The molecule has 1 saturated carbocycles. The number of aliphatic hydroxyl groups excluding tert-OH is 1. The number of rotatable bonds is 9. The van der Waals surface area contributed by atoms with Crippen LogP contribution in [0.3, 0.4) is 0 Å². The van der Waals surface area contributed by atoms with E-state index in [-0.39, 0.29) is 6.10 Å². The van der Waals surface area contributed by atoms with Gasteiger partial charge in [-0.3, -0.25) is 0 Å². The fraction of sp³-hybridized carbons (Fsp3) is 1.00. The molecule has 0 aromatic carbocycles. The molecule has 2 aliphatic rings. The van der Waals surface area contributed by atoms with Crippen molar-refractivity contribution in [3.05, 3.63) is 0 Å². The molecule has 2 rings (SSSR count). The van der Waals surface area contributed by atoms with E-state index in [4.69, 9.17) is 0 Å². The van der Waals surface area contributed by atoms with E-state index in [9.17, 15) is 5.11 Å². The second-order valence-electron chi connectivity index (χ2n) is 7.84. The third kappa shape index (κ3) is 6.25. The summed E-state index contributed by atoms with van der Waals surface area (Å²) in [6.45, 7) is 11.6. The molecule has 1 aliphatic heterocycles. The average molecular weight is 296 g/mol. The van der Waals surface area contributed by atoms with Gasteiger partial charge >= 0.3 is 0 Å². The summed E-state index contributed by atoms with van der Waals surface area (Å²) in [6, 6.07) is 0.625. The number of hydrogen-bond donors (Lipinski definition) is 2. The predicted octanol–water partition coefficient (Wildman–Crippen LogP) is 2.88. The molecule has 3 heteroatoms. The van der Waals surface area contributed by atoms with Crippen LogP contribution in [0.5, 0.6) is 0 Å². The number of nitrogens with zero attached hydrogens (tertiary/aromatic N) is 1. The second-order valence-corrected chi connectivity index (χ2v) is 7.84. The van der Waals surface area contributed by atoms with Gasteiger partial charge in [-0.25, -0.2) is 0 Å². The first-order valence-corrected chi connectivity index (χ1v) is 9.22. The normalized spacial score (nSPS) is 29.0. The van der Waals surface area contributed by atoms with E-state index >= 15 is 0 Å². The van der Waals surface area contributed by atoms with Crippen LogP contribution in [0.4, 0.5) is 0 Å². The van der Waals surface area contributed by atoms with E-state index in [2.05, 4.69) is 31.0 Å². The SMILES string of the molecule is CCCN1CC(CC(O)C2CC2)CC(NCCC(C)C)C1. The zero-order valence-electron chi connectivity index (χ0n) is 14.4. The highest BCUT2D eigenvalue weighted by atomic mass is 16.3. The van der Waals surface area contributed by atoms with Gasteiger partial charge in [0.05, 0.1) is 6.10 Å². The maximum absolute atomic E-state index is 10.3. The van der Waals surface area contributed by atoms with Crippen LogP contribution >= 0.6 is 0 Å². The molecule has 1 aliphatic carbocycles. The lowest BCUT2D eigenvalue weighted by molar-refractivity contribution is 0.0747. The van der Waals surface area contributed by atoms with Gasteiger partial charge in [0.1, 0.15) is 0 Å². The van der Waals surface area contributed by atoms with Gasteiger partial charge in [0, 0.05) is 19.1 Å². The van der Waals surface area contributed by atoms with E-state index in [0.717, 1.165) is 18.9 Å².